The number of Topliss-reactive ketones (excluding diaryl/α,β-unsaturated/α-hetero) is 1. The Labute approximate surface area is 164 Å². The first-order chi connectivity index (χ1) is 13.6. The zero-order chi connectivity index (χ0) is 19.9. The van der Waals surface area contributed by atoms with E-state index in [1.165, 1.54) is 6.92 Å². The molecule has 0 N–H and O–H groups in total. The van der Waals surface area contributed by atoms with E-state index >= 15 is 0 Å². The molecular formula is C24H22O4. The first kappa shape index (κ1) is 19.4. The lowest BCUT2D eigenvalue weighted by molar-refractivity contribution is -0.144. The van der Waals surface area contributed by atoms with Gasteiger partial charge in [0.2, 0.25) is 0 Å². The van der Waals surface area contributed by atoms with Gasteiger partial charge >= 0.3 is 5.97 Å². The van der Waals surface area contributed by atoms with Gasteiger partial charge in [-0.3, -0.25) is 9.59 Å². The highest BCUT2D eigenvalue weighted by molar-refractivity contribution is 5.94. The molecule has 0 aliphatic heterocycles. The average Bonchev–Trinajstić information content (AvgIpc) is 2.73. The summed E-state index contributed by atoms with van der Waals surface area (Å²) in [5.74, 6) is 0.210. The van der Waals surface area contributed by atoms with E-state index in [1.54, 1.807) is 25.3 Å². The van der Waals surface area contributed by atoms with Crippen molar-refractivity contribution in [1.29, 1.82) is 0 Å². The van der Waals surface area contributed by atoms with Crippen molar-refractivity contribution in [2.24, 2.45) is 0 Å². The maximum atomic E-state index is 12.2. The maximum Gasteiger partial charge on any atom is 0.310 e. The molecule has 0 amide bonds. The predicted molar refractivity (Wildman–Crippen MR) is 108 cm³/mol. The molecule has 0 spiro atoms. The van der Waals surface area contributed by atoms with Gasteiger partial charge in [-0.1, -0.05) is 54.6 Å². The fourth-order valence-electron chi connectivity index (χ4n) is 2.93. The lowest BCUT2D eigenvalue weighted by atomic mass is 10.0. The Hall–Kier alpha value is -3.40. The number of benzene rings is 3. The van der Waals surface area contributed by atoms with Crippen LogP contribution in [0.15, 0.2) is 72.8 Å². The summed E-state index contributed by atoms with van der Waals surface area (Å²) in [5.41, 5.74) is 4.35. The van der Waals surface area contributed by atoms with E-state index < -0.39 is 0 Å². The molecule has 3 aromatic rings. The molecule has 0 aliphatic rings. The van der Waals surface area contributed by atoms with Crippen molar-refractivity contribution in [2.75, 3.05) is 7.11 Å². The van der Waals surface area contributed by atoms with Gasteiger partial charge in [0, 0.05) is 11.1 Å². The molecule has 0 unspecified atom stereocenters. The monoisotopic (exact) mass is 374 g/mol. The van der Waals surface area contributed by atoms with E-state index in [2.05, 4.69) is 0 Å². The lowest BCUT2D eigenvalue weighted by Crippen LogP contribution is -2.09. The Balaban J connectivity index is 1.62. The summed E-state index contributed by atoms with van der Waals surface area (Å²) in [4.78, 5) is 23.8. The Kier molecular flexibility index (Phi) is 6.22. The number of hydrogen-bond acceptors (Lipinski definition) is 4. The molecule has 0 fully saturated rings. The van der Waals surface area contributed by atoms with Crippen LogP contribution in [0.3, 0.4) is 0 Å². The summed E-state index contributed by atoms with van der Waals surface area (Å²) in [6.07, 6.45) is 0.184. The highest BCUT2D eigenvalue weighted by Gasteiger charge is 2.11. The van der Waals surface area contributed by atoms with Crippen molar-refractivity contribution in [3.8, 4) is 16.9 Å². The summed E-state index contributed by atoms with van der Waals surface area (Å²) in [6.45, 7) is 1.56. The fourth-order valence-corrected chi connectivity index (χ4v) is 2.93. The summed E-state index contributed by atoms with van der Waals surface area (Å²) in [6, 6.07) is 23.0. The van der Waals surface area contributed by atoms with Crippen LogP contribution in [0.1, 0.15) is 28.4 Å². The van der Waals surface area contributed by atoms with Crippen LogP contribution < -0.4 is 4.74 Å². The zero-order valence-corrected chi connectivity index (χ0v) is 16.0. The number of carbonyl (C=O) groups is 2. The van der Waals surface area contributed by atoms with Crippen molar-refractivity contribution in [3.05, 3.63) is 89.5 Å². The third kappa shape index (κ3) is 4.86. The molecule has 0 atom stereocenters. The molecule has 0 aliphatic carbocycles. The van der Waals surface area contributed by atoms with Gasteiger partial charge in [0.1, 0.15) is 12.4 Å². The van der Waals surface area contributed by atoms with Crippen LogP contribution in [0.25, 0.3) is 11.1 Å². The number of methoxy groups -OCH3 is 1. The number of hydrogen-bond donors (Lipinski definition) is 0. The second-order valence-electron chi connectivity index (χ2n) is 6.48. The second kappa shape index (κ2) is 9.00. The van der Waals surface area contributed by atoms with Gasteiger partial charge in [-0.15, -0.1) is 0 Å². The van der Waals surface area contributed by atoms with Gasteiger partial charge < -0.3 is 9.47 Å². The Morgan fingerprint density at radius 2 is 1.54 bits per heavy atom. The molecular weight excluding hydrogens is 352 g/mol. The van der Waals surface area contributed by atoms with Crippen LogP contribution in [-0.2, 0) is 22.6 Å². The minimum atomic E-state index is -0.331. The van der Waals surface area contributed by atoms with Gasteiger partial charge in [-0.25, -0.2) is 0 Å². The largest absolute Gasteiger partial charge is 0.496 e. The van der Waals surface area contributed by atoms with Crippen LogP contribution in [0, 0.1) is 0 Å². The average molecular weight is 374 g/mol. The van der Waals surface area contributed by atoms with E-state index in [4.69, 9.17) is 9.47 Å². The summed E-state index contributed by atoms with van der Waals surface area (Å²) in [7, 11) is 1.54. The van der Waals surface area contributed by atoms with E-state index in [1.807, 2.05) is 54.6 Å². The minimum Gasteiger partial charge on any atom is -0.496 e. The lowest BCUT2D eigenvalue weighted by Gasteiger charge is -2.11. The quantitative estimate of drug-likeness (QED) is 0.438. The van der Waals surface area contributed by atoms with Gasteiger partial charge in [0.05, 0.1) is 13.5 Å². The van der Waals surface area contributed by atoms with Crippen LogP contribution in [0.4, 0.5) is 0 Å². The second-order valence-corrected chi connectivity index (χ2v) is 6.48. The number of rotatable bonds is 7. The molecule has 0 bridgehead atoms. The predicted octanol–water partition coefficient (Wildman–Crippen LogP) is 4.85. The van der Waals surface area contributed by atoms with E-state index in [0.717, 1.165) is 16.7 Å². The topological polar surface area (TPSA) is 52.6 Å². The third-order valence-corrected chi connectivity index (χ3v) is 4.49. The molecule has 4 nitrogen and oxygen atoms in total. The summed E-state index contributed by atoms with van der Waals surface area (Å²) in [5, 5.41) is 0. The first-order valence-corrected chi connectivity index (χ1v) is 9.04. The fraction of sp³-hybridized carbons (Fsp3) is 0.167. The van der Waals surface area contributed by atoms with E-state index in [-0.39, 0.29) is 24.8 Å². The third-order valence-electron chi connectivity index (χ3n) is 4.49. The maximum absolute atomic E-state index is 12.2. The van der Waals surface area contributed by atoms with Crippen molar-refractivity contribution in [1.82, 2.24) is 0 Å². The van der Waals surface area contributed by atoms with Crippen molar-refractivity contribution in [2.45, 2.75) is 20.0 Å². The van der Waals surface area contributed by atoms with Crippen LogP contribution in [-0.4, -0.2) is 18.9 Å². The minimum absolute atomic E-state index is 0.0475. The molecule has 0 radical (unpaired) electrons. The number of ether oxygens (including phenoxy) is 2. The summed E-state index contributed by atoms with van der Waals surface area (Å²) < 4.78 is 10.7. The first-order valence-electron chi connectivity index (χ1n) is 9.04. The Morgan fingerprint density at radius 1 is 0.857 bits per heavy atom. The van der Waals surface area contributed by atoms with Gasteiger partial charge in [0.15, 0.2) is 5.78 Å². The van der Waals surface area contributed by atoms with Gasteiger partial charge in [-0.05, 0) is 41.8 Å². The highest BCUT2D eigenvalue weighted by Crippen LogP contribution is 2.22. The SMILES string of the molecule is COc1ccc(C(C)=O)cc1COC(=O)Cc1ccc(-c2ccccc2)cc1. The molecule has 0 heterocycles. The molecule has 0 saturated heterocycles. The number of esters is 1. The number of carbonyl (C=O) groups excluding carboxylic acids is 2. The molecule has 3 aromatic carbocycles. The molecule has 3 rings (SSSR count). The standard InChI is InChI=1S/C24H22O4/c1-17(25)21-12-13-23(27-2)22(15-21)16-28-24(26)14-18-8-10-20(11-9-18)19-6-4-3-5-7-19/h3-13,15H,14,16H2,1-2H3. The zero-order valence-electron chi connectivity index (χ0n) is 16.0. The Morgan fingerprint density at radius 3 is 2.18 bits per heavy atom. The molecule has 142 valence electrons. The molecule has 0 saturated carbocycles. The van der Waals surface area contributed by atoms with Gasteiger partial charge in [0.25, 0.3) is 0 Å². The smallest absolute Gasteiger partial charge is 0.310 e. The van der Waals surface area contributed by atoms with Crippen molar-refractivity contribution in [3.63, 3.8) is 0 Å². The molecule has 0 aromatic heterocycles. The van der Waals surface area contributed by atoms with Crippen LogP contribution >= 0.6 is 0 Å². The van der Waals surface area contributed by atoms with Crippen LogP contribution in [0.5, 0.6) is 5.75 Å². The van der Waals surface area contributed by atoms with Gasteiger partial charge in [-0.2, -0.15) is 0 Å². The summed E-state index contributed by atoms with van der Waals surface area (Å²) >= 11 is 0. The van der Waals surface area contributed by atoms with Crippen molar-refractivity contribution < 1.29 is 19.1 Å². The van der Waals surface area contributed by atoms with Crippen LogP contribution in [0.2, 0.25) is 0 Å². The normalized spacial score (nSPS) is 10.4. The number of ketones is 1. The molecule has 4 heteroatoms. The van der Waals surface area contributed by atoms with E-state index in [0.29, 0.717) is 16.9 Å². The molecule has 28 heavy (non-hydrogen) atoms. The van der Waals surface area contributed by atoms with E-state index in [9.17, 15) is 9.59 Å². The Bertz CT molecular complexity index is 960. The highest BCUT2D eigenvalue weighted by atomic mass is 16.5. The van der Waals surface area contributed by atoms with Crippen molar-refractivity contribution >= 4 is 11.8 Å².